The van der Waals surface area contributed by atoms with Gasteiger partial charge in [-0.15, -0.1) is 0 Å². The fraction of sp³-hybridized carbons (Fsp3) is 0.286. The lowest BCUT2D eigenvalue weighted by atomic mass is 10.0. The third-order valence-electron chi connectivity index (χ3n) is 4.71. The minimum atomic E-state index is -4.55. The van der Waals surface area contributed by atoms with E-state index in [0.717, 1.165) is 12.3 Å². The van der Waals surface area contributed by atoms with E-state index in [0.29, 0.717) is 28.6 Å². The molecule has 3 aromatic rings. The molecule has 11 heteroatoms. The monoisotopic (exact) mass is 448 g/mol. The molecule has 1 amide bonds. The Labute approximate surface area is 182 Å². The maximum atomic E-state index is 12.8. The van der Waals surface area contributed by atoms with Crippen LogP contribution in [0.2, 0.25) is 0 Å². The zero-order valence-corrected chi connectivity index (χ0v) is 17.4. The highest BCUT2D eigenvalue weighted by atomic mass is 19.4. The lowest BCUT2D eigenvalue weighted by Crippen LogP contribution is -2.15. The molecular formula is C21H23F3N6O2. The first-order valence-electron chi connectivity index (χ1n) is 9.70. The first-order valence-corrected chi connectivity index (χ1v) is 9.70. The van der Waals surface area contributed by atoms with Crippen molar-refractivity contribution < 1.29 is 23.1 Å². The summed E-state index contributed by atoms with van der Waals surface area (Å²) in [6, 6.07) is 7.53. The van der Waals surface area contributed by atoms with Gasteiger partial charge in [0.1, 0.15) is 17.7 Å². The molecule has 8 nitrogen and oxygen atoms in total. The topological polar surface area (TPSA) is 132 Å². The molecule has 0 bridgehead atoms. The van der Waals surface area contributed by atoms with Gasteiger partial charge in [0.05, 0.1) is 29.4 Å². The molecule has 1 aromatic carbocycles. The largest absolute Gasteiger partial charge is 0.417 e. The van der Waals surface area contributed by atoms with E-state index in [2.05, 4.69) is 15.4 Å². The number of pyridine rings is 1. The van der Waals surface area contributed by atoms with Crippen molar-refractivity contribution in [2.24, 2.45) is 5.73 Å². The molecular weight excluding hydrogens is 425 g/mol. The lowest BCUT2D eigenvalue weighted by molar-refractivity contribution is -0.137. The molecule has 2 heterocycles. The number of nitrogens with two attached hydrogens (primary N) is 2. The number of alkyl halides is 3. The van der Waals surface area contributed by atoms with Gasteiger partial charge in [-0.05, 0) is 25.5 Å². The molecule has 1 unspecified atom stereocenters. The Balaban J connectivity index is 1.76. The Kier molecular flexibility index (Phi) is 6.51. The van der Waals surface area contributed by atoms with Crippen molar-refractivity contribution >= 4 is 17.4 Å². The number of anilines is 2. The molecule has 6 N–H and O–H groups in total. The van der Waals surface area contributed by atoms with Gasteiger partial charge in [0.25, 0.3) is 0 Å². The Hall–Kier alpha value is -3.44. The van der Waals surface area contributed by atoms with Crippen molar-refractivity contribution in [3.8, 4) is 11.3 Å². The molecule has 32 heavy (non-hydrogen) atoms. The number of carbonyl (C=O) groups is 1. The molecule has 2 aromatic heterocycles. The second kappa shape index (κ2) is 8.97. The summed E-state index contributed by atoms with van der Waals surface area (Å²) < 4.78 is 39.9. The third kappa shape index (κ3) is 5.06. The Morgan fingerprint density at radius 3 is 2.44 bits per heavy atom. The van der Waals surface area contributed by atoms with Gasteiger partial charge in [-0.1, -0.05) is 24.3 Å². The van der Waals surface area contributed by atoms with Gasteiger partial charge >= 0.3 is 6.18 Å². The lowest BCUT2D eigenvalue weighted by Gasteiger charge is -2.10. The van der Waals surface area contributed by atoms with Crippen LogP contribution in [0, 0.1) is 0 Å². The maximum Gasteiger partial charge on any atom is 0.417 e. The first-order chi connectivity index (χ1) is 15.0. The SMILES string of the molecule is CC(C)n1nc(-c2ccc(CC(=O)Nc3cncc(C(F)(F)F)c3)cc2)c(C(N)O)c1N. The number of nitrogens with one attached hydrogen (secondary N) is 1. The highest BCUT2D eigenvalue weighted by molar-refractivity contribution is 5.92. The van der Waals surface area contributed by atoms with Gasteiger partial charge in [-0.3, -0.25) is 9.78 Å². The minimum Gasteiger partial charge on any atom is -0.384 e. The molecule has 0 saturated carbocycles. The number of aliphatic hydroxyl groups excluding tert-OH is 1. The van der Waals surface area contributed by atoms with E-state index >= 15 is 0 Å². The summed E-state index contributed by atoms with van der Waals surface area (Å²) in [5, 5.41) is 16.8. The molecule has 0 spiro atoms. The summed E-state index contributed by atoms with van der Waals surface area (Å²) in [5.74, 6) is -0.228. The number of amides is 1. The van der Waals surface area contributed by atoms with Gasteiger partial charge in [0.2, 0.25) is 5.91 Å². The number of hydrogen-bond donors (Lipinski definition) is 4. The predicted molar refractivity (Wildman–Crippen MR) is 113 cm³/mol. The van der Waals surface area contributed by atoms with E-state index in [-0.39, 0.29) is 24.0 Å². The number of aliphatic hydroxyl groups is 1. The van der Waals surface area contributed by atoms with Gasteiger partial charge in [0.15, 0.2) is 0 Å². The normalized spacial score (nSPS) is 12.8. The summed E-state index contributed by atoms with van der Waals surface area (Å²) in [7, 11) is 0. The zero-order chi connectivity index (χ0) is 23.6. The quantitative estimate of drug-likeness (QED) is 0.428. The molecule has 3 rings (SSSR count). The van der Waals surface area contributed by atoms with E-state index in [4.69, 9.17) is 11.5 Å². The van der Waals surface area contributed by atoms with Gasteiger partial charge in [-0.25, -0.2) is 4.68 Å². The van der Waals surface area contributed by atoms with Crippen molar-refractivity contribution in [3.05, 3.63) is 59.4 Å². The number of benzene rings is 1. The average molecular weight is 448 g/mol. The number of nitrogen functional groups attached to an aromatic ring is 1. The number of carbonyl (C=O) groups excluding carboxylic acids is 1. The molecule has 0 radical (unpaired) electrons. The van der Waals surface area contributed by atoms with Crippen LogP contribution >= 0.6 is 0 Å². The summed E-state index contributed by atoms with van der Waals surface area (Å²) in [5.41, 5.74) is 12.8. The Bertz CT molecular complexity index is 1110. The third-order valence-corrected chi connectivity index (χ3v) is 4.71. The van der Waals surface area contributed by atoms with Crippen LogP contribution in [0.4, 0.5) is 24.7 Å². The number of aromatic nitrogens is 3. The maximum absolute atomic E-state index is 12.8. The van der Waals surface area contributed by atoms with Crippen LogP contribution in [0.15, 0.2) is 42.7 Å². The summed E-state index contributed by atoms with van der Waals surface area (Å²) in [4.78, 5) is 15.8. The smallest absolute Gasteiger partial charge is 0.384 e. The van der Waals surface area contributed by atoms with Crippen molar-refractivity contribution in [2.75, 3.05) is 11.1 Å². The van der Waals surface area contributed by atoms with Crippen LogP contribution in [-0.4, -0.2) is 25.8 Å². The van der Waals surface area contributed by atoms with E-state index in [1.54, 1.807) is 28.9 Å². The highest BCUT2D eigenvalue weighted by Crippen LogP contribution is 2.32. The molecule has 0 fully saturated rings. The fourth-order valence-corrected chi connectivity index (χ4v) is 3.19. The van der Waals surface area contributed by atoms with Gasteiger partial charge in [-0.2, -0.15) is 18.3 Å². The van der Waals surface area contributed by atoms with E-state index < -0.39 is 23.9 Å². The van der Waals surface area contributed by atoms with Crippen LogP contribution in [0.3, 0.4) is 0 Å². The number of nitrogens with zero attached hydrogens (tertiary/aromatic N) is 3. The van der Waals surface area contributed by atoms with Crippen molar-refractivity contribution in [1.29, 1.82) is 0 Å². The van der Waals surface area contributed by atoms with Crippen LogP contribution in [-0.2, 0) is 17.4 Å². The minimum absolute atomic E-state index is 0.0438. The van der Waals surface area contributed by atoms with E-state index in [1.807, 2.05) is 13.8 Å². The number of rotatable bonds is 6. The Morgan fingerprint density at radius 2 is 1.88 bits per heavy atom. The second-order valence-electron chi connectivity index (χ2n) is 7.51. The predicted octanol–water partition coefficient (Wildman–Crippen LogP) is 3.26. The van der Waals surface area contributed by atoms with Crippen LogP contribution in [0.25, 0.3) is 11.3 Å². The van der Waals surface area contributed by atoms with E-state index in [9.17, 15) is 23.1 Å². The van der Waals surface area contributed by atoms with Crippen LogP contribution in [0.1, 0.15) is 42.8 Å². The molecule has 1 atom stereocenters. The molecule has 0 aliphatic heterocycles. The fourth-order valence-electron chi connectivity index (χ4n) is 3.19. The van der Waals surface area contributed by atoms with Gasteiger partial charge < -0.3 is 21.9 Å². The van der Waals surface area contributed by atoms with Crippen LogP contribution < -0.4 is 16.8 Å². The highest BCUT2D eigenvalue weighted by Gasteiger charge is 2.31. The average Bonchev–Trinajstić information content (AvgIpc) is 3.05. The summed E-state index contributed by atoms with van der Waals surface area (Å²) >= 11 is 0. The molecule has 0 aliphatic carbocycles. The number of hydrogen-bond acceptors (Lipinski definition) is 6. The van der Waals surface area contributed by atoms with Crippen molar-refractivity contribution in [3.63, 3.8) is 0 Å². The van der Waals surface area contributed by atoms with Gasteiger partial charge in [0, 0.05) is 17.8 Å². The molecule has 170 valence electrons. The van der Waals surface area contributed by atoms with E-state index in [1.165, 1.54) is 0 Å². The van der Waals surface area contributed by atoms with Crippen LogP contribution in [0.5, 0.6) is 0 Å². The second-order valence-corrected chi connectivity index (χ2v) is 7.51. The van der Waals surface area contributed by atoms with Crippen molar-refractivity contribution in [1.82, 2.24) is 14.8 Å². The standard InChI is InChI=1S/C21H23F3N6O2/c1-11(2)30-19(25)17(20(26)32)18(29-30)13-5-3-12(4-6-13)7-16(31)28-15-8-14(9-27-10-15)21(22,23)24/h3-6,8-11,20,32H,7,25-26H2,1-2H3,(H,28,31). The molecule has 0 saturated heterocycles. The Morgan fingerprint density at radius 1 is 1.22 bits per heavy atom. The summed E-state index contributed by atoms with van der Waals surface area (Å²) in [6.07, 6.45) is -4.10. The van der Waals surface area contributed by atoms with Crippen molar-refractivity contribution in [2.45, 2.75) is 38.7 Å². The zero-order valence-electron chi connectivity index (χ0n) is 17.4. The first kappa shape index (κ1) is 23.2. The number of halogens is 3. The summed E-state index contributed by atoms with van der Waals surface area (Å²) in [6.45, 7) is 3.78. The molecule has 0 aliphatic rings.